The number of anilines is 1. The summed E-state index contributed by atoms with van der Waals surface area (Å²) in [7, 11) is 1.80. The molecule has 2 amide bonds. The fourth-order valence-corrected chi connectivity index (χ4v) is 4.13. The average Bonchev–Trinajstić information content (AvgIpc) is 3.02. The molecule has 2 N–H and O–H groups in total. The van der Waals surface area contributed by atoms with E-state index in [9.17, 15) is 9.59 Å². The molecule has 2 heterocycles. The highest BCUT2D eigenvalue weighted by Gasteiger charge is 2.41. The molecule has 0 fully saturated rings. The number of hydrogen-bond donors (Lipinski definition) is 2. The third-order valence-corrected chi connectivity index (χ3v) is 5.83. The van der Waals surface area contributed by atoms with Crippen molar-refractivity contribution in [2.75, 3.05) is 5.32 Å². The second kappa shape index (κ2) is 7.95. The van der Waals surface area contributed by atoms with Crippen LogP contribution in [0.25, 0.3) is 0 Å². The molecule has 0 aliphatic carbocycles. The molecule has 4 rings (SSSR count). The van der Waals surface area contributed by atoms with Gasteiger partial charge in [-0.2, -0.15) is 5.10 Å². The monoisotopic (exact) mass is 422 g/mol. The van der Waals surface area contributed by atoms with E-state index in [0.29, 0.717) is 16.4 Å². The fraction of sp³-hybridized carbons (Fsp3) is 0.261. The summed E-state index contributed by atoms with van der Waals surface area (Å²) in [6, 6.07) is 14.0. The van der Waals surface area contributed by atoms with E-state index >= 15 is 0 Å². The van der Waals surface area contributed by atoms with E-state index in [4.69, 9.17) is 11.6 Å². The first kappa shape index (κ1) is 20.2. The number of fused-ring (bicyclic) bond motifs is 1. The molecule has 3 aromatic rings. The van der Waals surface area contributed by atoms with Gasteiger partial charge in [0.25, 0.3) is 5.91 Å². The Morgan fingerprint density at radius 3 is 2.47 bits per heavy atom. The minimum Gasteiger partial charge on any atom is -0.339 e. The van der Waals surface area contributed by atoms with Gasteiger partial charge in [-0.05, 0) is 48.7 Å². The van der Waals surface area contributed by atoms with Gasteiger partial charge in [0.05, 0.1) is 5.69 Å². The second-order valence-corrected chi connectivity index (χ2v) is 7.93. The van der Waals surface area contributed by atoms with Crippen LogP contribution in [0.3, 0.4) is 0 Å². The number of benzene rings is 2. The Bertz CT molecular complexity index is 1100. The zero-order valence-corrected chi connectivity index (χ0v) is 17.8. The zero-order valence-electron chi connectivity index (χ0n) is 17.1. The Morgan fingerprint density at radius 1 is 1.17 bits per heavy atom. The van der Waals surface area contributed by atoms with Gasteiger partial charge in [0.1, 0.15) is 11.9 Å². The van der Waals surface area contributed by atoms with Crippen LogP contribution in [0, 0.1) is 6.92 Å². The van der Waals surface area contributed by atoms with E-state index in [2.05, 4.69) is 34.8 Å². The Balaban J connectivity index is 1.76. The van der Waals surface area contributed by atoms with Crippen molar-refractivity contribution in [3.05, 3.63) is 81.5 Å². The number of nitrogens with zero attached hydrogens (tertiary/aromatic N) is 2. The molecule has 2 atom stereocenters. The van der Waals surface area contributed by atoms with Crippen molar-refractivity contribution in [3.8, 4) is 0 Å². The first-order valence-corrected chi connectivity index (χ1v) is 10.3. The van der Waals surface area contributed by atoms with Crippen LogP contribution >= 0.6 is 11.6 Å². The molecule has 0 spiro atoms. The van der Waals surface area contributed by atoms with Crippen molar-refractivity contribution in [2.45, 2.75) is 32.2 Å². The van der Waals surface area contributed by atoms with Crippen molar-refractivity contribution < 1.29 is 9.59 Å². The number of amides is 2. The quantitative estimate of drug-likeness (QED) is 0.671. The maximum Gasteiger partial charge on any atom is 0.251 e. The van der Waals surface area contributed by atoms with Crippen LogP contribution in [-0.2, 0) is 18.3 Å². The van der Waals surface area contributed by atoms with E-state index in [1.54, 1.807) is 36.0 Å². The van der Waals surface area contributed by atoms with Crippen LogP contribution in [0.2, 0.25) is 5.02 Å². The van der Waals surface area contributed by atoms with E-state index in [1.807, 2.05) is 19.1 Å². The van der Waals surface area contributed by atoms with Crippen LogP contribution in [0.15, 0.2) is 48.5 Å². The molecule has 0 unspecified atom stereocenters. The molecule has 2 aromatic carbocycles. The Kier molecular flexibility index (Phi) is 5.35. The highest BCUT2D eigenvalue weighted by Crippen LogP contribution is 2.39. The fourth-order valence-electron chi connectivity index (χ4n) is 4.00. The molecule has 6 nitrogen and oxygen atoms in total. The summed E-state index contributed by atoms with van der Waals surface area (Å²) in [4.78, 5) is 26.0. The van der Waals surface area contributed by atoms with Crippen LogP contribution in [0.4, 0.5) is 5.82 Å². The molecule has 0 radical (unpaired) electrons. The summed E-state index contributed by atoms with van der Waals surface area (Å²) in [5.74, 6) is -0.270. The third kappa shape index (κ3) is 3.59. The summed E-state index contributed by atoms with van der Waals surface area (Å²) in [6.07, 6.45) is 0.930. The van der Waals surface area contributed by atoms with Gasteiger partial charge >= 0.3 is 0 Å². The molecule has 1 aromatic heterocycles. The van der Waals surface area contributed by atoms with Gasteiger partial charge in [-0.25, -0.2) is 0 Å². The van der Waals surface area contributed by atoms with Crippen molar-refractivity contribution in [2.24, 2.45) is 7.05 Å². The van der Waals surface area contributed by atoms with Crippen LogP contribution in [0.1, 0.15) is 45.6 Å². The predicted molar refractivity (Wildman–Crippen MR) is 117 cm³/mol. The summed E-state index contributed by atoms with van der Waals surface area (Å²) in [6.45, 7) is 4.02. The normalized spacial score (nSPS) is 17.9. The third-order valence-electron chi connectivity index (χ3n) is 5.58. The highest BCUT2D eigenvalue weighted by molar-refractivity contribution is 6.30. The smallest absolute Gasteiger partial charge is 0.251 e. The first-order chi connectivity index (χ1) is 14.4. The lowest BCUT2D eigenvalue weighted by Gasteiger charge is -2.32. The number of carbonyl (C=O) groups excluding carboxylic acids is 2. The maximum absolute atomic E-state index is 13.1. The van der Waals surface area contributed by atoms with Crippen molar-refractivity contribution in [1.82, 2.24) is 15.1 Å². The lowest BCUT2D eigenvalue weighted by atomic mass is 9.81. The van der Waals surface area contributed by atoms with E-state index in [-0.39, 0.29) is 17.7 Å². The van der Waals surface area contributed by atoms with Crippen molar-refractivity contribution in [3.63, 3.8) is 0 Å². The Morgan fingerprint density at radius 2 is 1.83 bits per heavy atom. The Hall–Kier alpha value is -3.12. The summed E-state index contributed by atoms with van der Waals surface area (Å²) >= 11 is 5.93. The van der Waals surface area contributed by atoms with Crippen molar-refractivity contribution in [1.29, 1.82) is 0 Å². The number of aryl methyl sites for hydroxylation is 3. The van der Waals surface area contributed by atoms with Crippen LogP contribution in [-0.4, -0.2) is 27.6 Å². The van der Waals surface area contributed by atoms with E-state index < -0.39 is 6.04 Å². The van der Waals surface area contributed by atoms with Gasteiger partial charge in [-0.1, -0.05) is 42.8 Å². The van der Waals surface area contributed by atoms with E-state index in [0.717, 1.165) is 23.2 Å². The molecule has 0 bridgehead atoms. The summed E-state index contributed by atoms with van der Waals surface area (Å²) < 4.78 is 1.67. The molecule has 154 valence electrons. The average molecular weight is 423 g/mol. The number of carbonyl (C=O) groups is 2. The maximum atomic E-state index is 13.1. The topological polar surface area (TPSA) is 76.0 Å². The van der Waals surface area contributed by atoms with Crippen LogP contribution < -0.4 is 10.6 Å². The molecular formula is C23H23ClN4O2. The minimum atomic E-state index is -0.768. The molecule has 1 aliphatic rings. The van der Waals surface area contributed by atoms with Crippen molar-refractivity contribution >= 4 is 29.2 Å². The number of rotatable bonds is 4. The van der Waals surface area contributed by atoms with Crippen LogP contribution in [0.5, 0.6) is 0 Å². The van der Waals surface area contributed by atoms with Gasteiger partial charge in [-0.3, -0.25) is 14.3 Å². The predicted octanol–water partition coefficient (Wildman–Crippen LogP) is 3.83. The second-order valence-electron chi connectivity index (χ2n) is 7.49. The lowest BCUT2D eigenvalue weighted by molar-refractivity contribution is -0.118. The molecule has 30 heavy (non-hydrogen) atoms. The zero-order chi connectivity index (χ0) is 21.4. The summed E-state index contributed by atoms with van der Waals surface area (Å²) in [5, 5.41) is 10.9. The van der Waals surface area contributed by atoms with Gasteiger partial charge < -0.3 is 10.6 Å². The molecule has 0 saturated carbocycles. The first-order valence-electron chi connectivity index (χ1n) is 9.88. The number of hydrogen-bond acceptors (Lipinski definition) is 3. The molecule has 7 heteroatoms. The molecular weight excluding hydrogens is 400 g/mol. The Labute approximate surface area is 180 Å². The highest BCUT2D eigenvalue weighted by atomic mass is 35.5. The van der Waals surface area contributed by atoms with Gasteiger partial charge in [0.15, 0.2) is 0 Å². The molecule has 0 saturated heterocycles. The number of aromatic nitrogens is 2. The summed E-state index contributed by atoms with van der Waals surface area (Å²) in [5.41, 5.74) is 4.36. The van der Waals surface area contributed by atoms with Gasteiger partial charge in [0, 0.05) is 29.1 Å². The standard InChI is InChI=1S/C23H23ClN4O2/c1-4-14-5-7-15(8-6-14)19-18-13(2)27-28(3)21(18)26-23(30)20(19)25-22(29)16-9-11-17(24)12-10-16/h5-12,19-20H,4H2,1-3H3,(H,25,29)(H,26,30)/t19-,20+/m1/s1. The minimum absolute atomic E-state index is 0.266. The van der Waals surface area contributed by atoms with Gasteiger partial charge in [-0.15, -0.1) is 0 Å². The SMILES string of the molecule is CCc1ccc([C@@H]2c3c(C)nn(C)c3NC(=O)[C@H]2NC(=O)c2ccc(Cl)cc2)cc1. The molecule has 1 aliphatic heterocycles. The largest absolute Gasteiger partial charge is 0.339 e. The van der Waals surface area contributed by atoms with Gasteiger partial charge in [0.2, 0.25) is 5.91 Å². The lowest BCUT2D eigenvalue weighted by Crippen LogP contribution is -2.50. The number of nitrogens with one attached hydrogen (secondary N) is 2. The van der Waals surface area contributed by atoms with E-state index in [1.165, 1.54) is 5.56 Å². The number of halogens is 1.